The van der Waals surface area contributed by atoms with E-state index in [1.165, 1.54) is 17.4 Å². The van der Waals surface area contributed by atoms with Gasteiger partial charge in [-0.15, -0.1) is 0 Å². The Bertz CT molecular complexity index is 563. The maximum absolute atomic E-state index is 12.1. The number of hydrogen-bond acceptors (Lipinski definition) is 4. The number of fused-ring (bicyclic) bond motifs is 1. The van der Waals surface area contributed by atoms with Gasteiger partial charge >= 0.3 is 0 Å². The van der Waals surface area contributed by atoms with Crippen LogP contribution in [0.2, 0.25) is 0 Å². The number of nitrogens with zero attached hydrogens (tertiary/aromatic N) is 2. The predicted molar refractivity (Wildman–Crippen MR) is 84.1 cm³/mol. The van der Waals surface area contributed by atoms with Crippen molar-refractivity contribution in [3.05, 3.63) is 22.7 Å². The number of aromatic nitrogens is 1. The first-order valence-electron chi connectivity index (χ1n) is 7.19. The van der Waals surface area contributed by atoms with E-state index in [0.29, 0.717) is 30.6 Å². The number of carbonyl (C=O) groups excluding carboxylic acids is 2. The first kappa shape index (κ1) is 15.7. The minimum atomic E-state index is -0.170. The summed E-state index contributed by atoms with van der Waals surface area (Å²) in [5.74, 6) is 0.399. The fraction of sp³-hybridized carbons (Fsp3) is 0.533. The van der Waals surface area contributed by atoms with Crippen molar-refractivity contribution in [1.29, 1.82) is 0 Å². The van der Waals surface area contributed by atoms with Crippen LogP contribution in [0.3, 0.4) is 0 Å². The molecule has 114 valence electrons. The molecule has 5 nitrogen and oxygen atoms in total. The molecule has 0 spiro atoms. The quantitative estimate of drug-likeness (QED) is 0.870. The topological polar surface area (TPSA) is 62.3 Å². The van der Waals surface area contributed by atoms with Gasteiger partial charge < -0.3 is 4.90 Å². The van der Waals surface area contributed by atoms with Crippen LogP contribution >= 0.6 is 11.3 Å². The first-order chi connectivity index (χ1) is 9.99. The van der Waals surface area contributed by atoms with Crippen LogP contribution in [0.5, 0.6) is 0 Å². The Labute approximate surface area is 129 Å². The van der Waals surface area contributed by atoms with Gasteiger partial charge in [-0.05, 0) is 18.9 Å². The summed E-state index contributed by atoms with van der Waals surface area (Å²) in [5.41, 5.74) is 1.00. The fourth-order valence-electron chi connectivity index (χ4n) is 2.24. The minimum absolute atomic E-state index is 0.170. The molecule has 6 heteroatoms. The second kappa shape index (κ2) is 6.85. The molecule has 0 fully saturated rings. The molecule has 1 aromatic heterocycles. The van der Waals surface area contributed by atoms with E-state index in [1.54, 1.807) is 13.0 Å². The molecule has 1 N–H and O–H groups in total. The van der Waals surface area contributed by atoms with E-state index in [-0.39, 0.29) is 11.8 Å². The van der Waals surface area contributed by atoms with Crippen molar-refractivity contribution in [3.63, 3.8) is 0 Å². The molecule has 2 heterocycles. The number of nitrogens with one attached hydrogen (secondary N) is 1. The van der Waals surface area contributed by atoms with Gasteiger partial charge in [0.25, 0.3) is 0 Å². The van der Waals surface area contributed by atoms with Gasteiger partial charge in [-0.25, -0.2) is 4.98 Å². The lowest BCUT2D eigenvalue weighted by atomic mass is 10.1. The van der Waals surface area contributed by atoms with Gasteiger partial charge in [-0.2, -0.15) is 0 Å². The van der Waals surface area contributed by atoms with Gasteiger partial charge in [0, 0.05) is 24.3 Å². The number of thiazole rings is 1. The molecule has 0 saturated heterocycles. The largest absolute Gasteiger partial charge is 0.337 e. The van der Waals surface area contributed by atoms with E-state index >= 15 is 0 Å². The zero-order chi connectivity index (χ0) is 15.4. The third-order valence-corrected chi connectivity index (χ3v) is 4.21. The van der Waals surface area contributed by atoms with Crippen LogP contribution in [-0.4, -0.2) is 28.2 Å². The molecule has 0 saturated carbocycles. The molecule has 0 bridgehead atoms. The molecule has 0 atom stereocenters. The van der Waals surface area contributed by atoms with Crippen molar-refractivity contribution in [1.82, 2.24) is 9.88 Å². The van der Waals surface area contributed by atoms with E-state index in [1.807, 2.05) is 4.90 Å². The smallest absolute Gasteiger partial charge is 0.249 e. The molecule has 0 radical (unpaired) electrons. The van der Waals surface area contributed by atoms with Crippen LogP contribution in [0.25, 0.3) is 0 Å². The molecule has 0 aliphatic carbocycles. The van der Waals surface area contributed by atoms with Crippen LogP contribution in [0.4, 0.5) is 5.13 Å². The average molecular weight is 307 g/mol. The van der Waals surface area contributed by atoms with E-state index in [4.69, 9.17) is 0 Å². The molecule has 1 aliphatic heterocycles. The van der Waals surface area contributed by atoms with Crippen molar-refractivity contribution < 1.29 is 9.59 Å². The van der Waals surface area contributed by atoms with Crippen molar-refractivity contribution >= 4 is 28.3 Å². The number of anilines is 1. The Kier molecular flexibility index (Phi) is 5.12. The van der Waals surface area contributed by atoms with Crippen LogP contribution in [0.1, 0.15) is 37.8 Å². The Balaban J connectivity index is 2.03. The summed E-state index contributed by atoms with van der Waals surface area (Å²) < 4.78 is 0. The summed E-state index contributed by atoms with van der Waals surface area (Å²) in [5, 5.41) is 3.37. The lowest BCUT2D eigenvalue weighted by Gasteiger charge is -2.26. The third kappa shape index (κ3) is 4.14. The molecule has 1 aliphatic rings. The van der Waals surface area contributed by atoms with Crippen molar-refractivity contribution in [2.45, 2.75) is 40.2 Å². The number of allylic oxidation sites excluding steroid dienone is 1. The molecule has 2 rings (SSSR count). The van der Waals surface area contributed by atoms with Crippen molar-refractivity contribution in [3.8, 4) is 0 Å². The van der Waals surface area contributed by atoms with Gasteiger partial charge in [0.1, 0.15) is 0 Å². The molecule has 1 aromatic rings. The van der Waals surface area contributed by atoms with Gasteiger partial charge in [-0.1, -0.05) is 31.3 Å². The Morgan fingerprint density at radius 3 is 2.90 bits per heavy atom. The van der Waals surface area contributed by atoms with Gasteiger partial charge in [0.15, 0.2) is 5.13 Å². The lowest BCUT2D eigenvalue weighted by Crippen LogP contribution is -2.36. The molecule has 0 aromatic carbocycles. The zero-order valence-corrected chi connectivity index (χ0v) is 13.5. The third-order valence-electron chi connectivity index (χ3n) is 3.21. The lowest BCUT2D eigenvalue weighted by molar-refractivity contribution is -0.132. The summed E-state index contributed by atoms with van der Waals surface area (Å²) in [7, 11) is 0. The standard InChI is InChI=1S/C15H21N3O2S/c1-4-5-13(19)17-15-16-11-6-7-18(9-12(11)21-15)14(20)8-10(2)3/h4-5,10H,6-9H2,1-3H3,(H,16,17,19)/b5-4+. The van der Waals surface area contributed by atoms with Crippen LogP contribution in [0, 0.1) is 5.92 Å². The van der Waals surface area contributed by atoms with E-state index in [2.05, 4.69) is 24.1 Å². The number of carbonyl (C=O) groups is 2. The number of rotatable bonds is 4. The average Bonchev–Trinajstić information content (AvgIpc) is 2.78. The normalized spacial score (nSPS) is 14.6. The summed E-state index contributed by atoms with van der Waals surface area (Å²) >= 11 is 1.46. The molecule has 21 heavy (non-hydrogen) atoms. The van der Waals surface area contributed by atoms with Crippen LogP contribution in [-0.2, 0) is 22.6 Å². The molecule has 2 amide bonds. The van der Waals surface area contributed by atoms with E-state index < -0.39 is 0 Å². The van der Waals surface area contributed by atoms with Crippen LogP contribution < -0.4 is 5.32 Å². The predicted octanol–water partition coefficient (Wildman–Crippen LogP) is 2.59. The number of amides is 2. The van der Waals surface area contributed by atoms with Gasteiger partial charge in [0.05, 0.1) is 12.2 Å². The molecule has 0 unspecified atom stereocenters. The SMILES string of the molecule is C/C=C/C(=O)Nc1nc2c(s1)CN(C(=O)CC(C)C)CC2. The van der Waals surface area contributed by atoms with Crippen molar-refractivity contribution in [2.24, 2.45) is 5.92 Å². The number of hydrogen-bond donors (Lipinski definition) is 1. The second-order valence-electron chi connectivity index (χ2n) is 5.54. The second-order valence-corrected chi connectivity index (χ2v) is 6.63. The fourth-order valence-corrected chi connectivity index (χ4v) is 3.27. The Hall–Kier alpha value is -1.69. The minimum Gasteiger partial charge on any atom is -0.337 e. The molecular formula is C15H21N3O2S. The van der Waals surface area contributed by atoms with E-state index in [0.717, 1.165) is 17.0 Å². The zero-order valence-electron chi connectivity index (χ0n) is 12.7. The summed E-state index contributed by atoms with van der Waals surface area (Å²) in [6, 6.07) is 0. The highest BCUT2D eigenvalue weighted by atomic mass is 32.1. The maximum Gasteiger partial charge on any atom is 0.249 e. The van der Waals surface area contributed by atoms with Gasteiger partial charge in [-0.3, -0.25) is 14.9 Å². The highest BCUT2D eigenvalue weighted by Crippen LogP contribution is 2.28. The summed E-state index contributed by atoms with van der Waals surface area (Å²) in [4.78, 5) is 31.1. The van der Waals surface area contributed by atoms with Crippen LogP contribution in [0.15, 0.2) is 12.2 Å². The summed E-state index contributed by atoms with van der Waals surface area (Å²) in [6.45, 7) is 7.22. The highest BCUT2D eigenvalue weighted by Gasteiger charge is 2.24. The van der Waals surface area contributed by atoms with E-state index in [9.17, 15) is 9.59 Å². The summed E-state index contributed by atoms with van der Waals surface area (Å²) in [6.07, 6.45) is 4.50. The Morgan fingerprint density at radius 1 is 1.48 bits per heavy atom. The highest BCUT2D eigenvalue weighted by molar-refractivity contribution is 7.15. The molecular weight excluding hydrogens is 286 g/mol. The first-order valence-corrected chi connectivity index (χ1v) is 8.01. The Morgan fingerprint density at radius 2 is 2.24 bits per heavy atom. The van der Waals surface area contributed by atoms with Crippen molar-refractivity contribution in [2.75, 3.05) is 11.9 Å². The maximum atomic E-state index is 12.1. The van der Waals surface area contributed by atoms with Gasteiger partial charge in [0.2, 0.25) is 11.8 Å². The monoisotopic (exact) mass is 307 g/mol.